The maximum Gasteiger partial charge on any atom is 0.0890 e. The molecule has 2 aliphatic rings. The SMILES string of the molecule is CC1(C)c2ccccc2-c2c(-c3cccc4scnc34)c3c(c(N(c4ccccc4)c4ccccc4)c21)C(C)(C)c1ccccc1-3. The Bertz CT molecular complexity index is 2190. The number of hydrogen-bond acceptors (Lipinski definition) is 3. The van der Waals surface area contributed by atoms with Crippen molar-refractivity contribution < 1.29 is 0 Å². The highest BCUT2D eigenvalue weighted by atomic mass is 32.1. The van der Waals surface area contributed by atoms with Gasteiger partial charge in [0.1, 0.15) is 0 Å². The largest absolute Gasteiger partial charge is 0.310 e. The summed E-state index contributed by atoms with van der Waals surface area (Å²) in [6.45, 7) is 9.68. The molecule has 7 aromatic rings. The van der Waals surface area contributed by atoms with Gasteiger partial charge in [0.05, 0.1) is 21.4 Å². The van der Waals surface area contributed by atoms with E-state index in [-0.39, 0.29) is 10.8 Å². The van der Waals surface area contributed by atoms with Crippen LogP contribution in [0, 0.1) is 0 Å². The molecule has 222 valence electrons. The van der Waals surface area contributed by atoms with Gasteiger partial charge in [-0.2, -0.15) is 0 Å². The molecule has 2 nitrogen and oxygen atoms in total. The molecule has 0 N–H and O–H groups in total. The molecule has 9 rings (SSSR count). The molecule has 0 saturated heterocycles. The normalized spacial score (nSPS) is 14.9. The molecule has 0 atom stereocenters. The van der Waals surface area contributed by atoms with Crippen molar-refractivity contribution in [1.29, 1.82) is 0 Å². The van der Waals surface area contributed by atoms with Gasteiger partial charge in [-0.3, -0.25) is 0 Å². The lowest BCUT2D eigenvalue weighted by Crippen LogP contribution is -2.26. The Hall–Kier alpha value is -4.99. The first-order valence-electron chi connectivity index (χ1n) is 16.1. The third-order valence-electron chi connectivity index (χ3n) is 10.3. The molecule has 0 fully saturated rings. The van der Waals surface area contributed by atoms with E-state index in [2.05, 4.69) is 160 Å². The van der Waals surface area contributed by atoms with Crippen molar-refractivity contribution in [3.8, 4) is 33.4 Å². The molecule has 0 unspecified atom stereocenters. The second-order valence-corrected chi connectivity index (χ2v) is 14.5. The van der Waals surface area contributed by atoms with E-state index in [4.69, 9.17) is 4.98 Å². The third-order valence-corrected chi connectivity index (χ3v) is 11.1. The number of fused-ring (bicyclic) bond motifs is 7. The van der Waals surface area contributed by atoms with Gasteiger partial charge in [0.2, 0.25) is 0 Å². The van der Waals surface area contributed by atoms with E-state index in [9.17, 15) is 0 Å². The summed E-state index contributed by atoms with van der Waals surface area (Å²) in [4.78, 5) is 7.53. The first kappa shape index (κ1) is 27.3. The molecule has 0 spiro atoms. The van der Waals surface area contributed by atoms with Crippen LogP contribution in [0.3, 0.4) is 0 Å². The number of para-hydroxylation sites is 3. The number of hydrogen-bond donors (Lipinski definition) is 0. The Morgan fingerprint density at radius 1 is 0.500 bits per heavy atom. The van der Waals surface area contributed by atoms with E-state index < -0.39 is 0 Å². The van der Waals surface area contributed by atoms with Crippen molar-refractivity contribution in [1.82, 2.24) is 4.98 Å². The van der Waals surface area contributed by atoms with Gasteiger partial charge in [-0.1, -0.05) is 125 Å². The van der Waals surface area contributed by atoms with Crippen LogP contribution in [0.25, 0.3) is 43.6 Å². The van der Waals surface area contributed by atoms with E-state index in [0.29, 0.717) is 0 Å². The predicted octanol–water partition coefficient (Wildman–Crippen LogP) is 12.0. The van der Waals surface area contributed by atoms with Crippen LogP contribution >= 0.6 is 11.3 Å². The van der Waals surface area contributed by atoms with Gasteiger partial charge in [0.15, 0.2) is 0 Å². The Morgan fingerprint density at radius 3 is 1.52 bits per heavy atom. The summed E-state index contributed by atoms with van der Waals surface area (Å²) in [6.07, 6.45) is 0. The summed E-state index contributed by atoms with van der Waals surface area (Å²) >= 11 is 1.72. The van der Waals surface area contributed by atoms with Gasteiger partial charge in [0.25, 0.3) is 0 Å². The van der Waals surface area contributed by atoms with Crippen molar-refractivity contribution in [2.75, 3.05) is 4.90 Å². The molecule has 0 bridgehead atoms. The average molecular weight is 611 g/mol. The van der Waals surface area contributed by atoms with Gasteiger partial charge in [0, 0.05) is 33.3 Å². The average Bonchev–Trinajstić information content (AvgIpc) is 3.73. The molecule has 46 heavy (non-hydrogen) atoms. The highest BCUT2D eigenvalue weighted by molar-refractivity contribution is 7.16. The van der Waals surface area contributed by atoms with Crippen LogP contribution in [-0.4, -0.2) is 4.98 Å². The second kappa shape index (κ2) is 9.75. The number of nitrogens with zero attached hydrogens (tertiary/aromatic N) is 2. The van der Waals surface area contributed by atoms with Crippen molar-refractivity contribution in [3.05, 3.63) is 155 Å². The van der Waals surface area contributed by atoms with E-state index >= 15 is 0 Å². The first-order chi connectivity index (χ1) is 22.4. The van der Waals surface area contributed by atoms with Crippen molar-refractivity contribution in [2.45, 2.75) is 38.5 Å². The summed E-state index contributed by atoms with van der Waals surface area (Å²) in [5.41, 5.74) is 19.5. The van der Waals surface area contributed by atoms with Crippen molar-refractivity contribution in [2.24, 2.45) is 0 Å². The van der Waals surface area contributed by atoms with Gasteiger partial charge in [-0.15, -0.1) is 11.3 Å². The van der Waals surface area contributed by atoms with E-state index in [1.807, 2.05) is 5.51 Å². The topological polar surface area (TPSA) is 16.1 Å². The van der Waals surface area contributed by atoms with Crippen molar-refractivity contribution in [3.63, 3.8) is 0 Å². The van der Waals surface area contributed by atoms with E-state index in [1.165, 1.54) is 66.0 Å². The highest BCUT2D eigenvalue weighted by Crippen LogP contribution is 2.66. The molecule has 0 amide bonds. The number of rotatable bonds is 4. The predicted molar refractivity (Wildman–Crippen MR) is 195 cm³/mol. The molecule has 1 heterocycles. The van der Waals surface area contributed by atoms with Crippen LogP contribution < -0.4 is 4.90 Å². The maximum absolute atomic E-state index is 4.99. The molecule has 6 aromatic carbocycles. The zero-order chi connectivity index (χ0) is 31.2. The lowest BCUT2D eigenvalue weighted by Gasteiger charge is -2.38. The van der Waals surface area contributed by atoms with Crippen LogP contribution in [0.5, 0.6) is 0 Å². The van der Waals surface area contributed by atoms with Crippen LogP contribution in [0.2, 0.25) is 0 Å². The second-order valence-electron chi connectivity index (χ2n) is 13.6. The monoisotopic (exact) mass is 610 g/mol. The molecule has 0 saturated carbocycles. The summed E-state index contributed by atoms with van der Waals surface area (Å²) in [5, 5.41) is 0. The number of benzene rings is 6. The molecule has 3 heteroatoms. The highest BCUT2D eigenvalue weighted by Gasteiger charge is 2.49. The van der Waals surface area contributed by atoms with Crippen LogP contribution in [-0.2, 0) is 10.8 Å². The van der Waals surface area contributed by atoms with Crippen molar-refractivity contribution >= 4 is 38.6 Å². The molecule has 2 aliphatic carbocycles. The number of thiazole rings is 1. The Labute approximate surface area is 274 Å². The number of anilines is 3. The minimum atomic E-state index is -0.256. The zero-order valence-electron chi connectivity index (χ0n) is 26.5. The van der Waals surface area contributed by atoms with Crippen LogP contribution in [0.4, 0.5) is 17.1 Å². The lowest BCUT2D eigenvalue weighted by molar-refractivity contribution is 0.640. The van der Waals surface area contributed by atoms with Gasteiger partial charge in [-0.05, 0) is 74.8 Å². The molecule has 0 radical (unpaired) electrons. The van der Waals surface area contributed by atoms with Gasteiger partial charge >= 0.3 is 0 Å². The fraction of sp³-hybridized carbons (Fsp3) is 0.140. The van der Waals surface area contributed by atoms with Crippen LogP contribution in [0.15, 0.2) is 133 Å². The maximum atomic E-state index is 4.99. The summed E-state index contributed by atoms with van der Waals surface area (Å²) in [7, 11) is 0. The van der Waals surface area contributed by atoms with Gasteiger partial charge < -0.3 is 4.90 Å². The van der Waals surface area contributed by atoms with Gasteiger partial charge in [-0.25, -0.2) is 4.98 Å². The molecule has 0 aliphatic heterocycles. The molecular weight excluding hydrogens is 577 g/mol. The minimum Gasteiger partial charge on any atom is -0.310 e. The smallest absolute Gasteiger partial charge is 0.0890 e. The van der Waals surface area contributed by atoms with E-state index in [1.54, 1.807) is 11.3 Å². The standard InChI is InChI=1S/C43H34N2S/c1-42(2)32-23-13-11-20-29(32)36-35(31-22-15-25-34-40(31)44-26-46-34)37-30-21-12-14-24-33(30)43(3,4)39(37)41(38(36)42)45(27-16-7-5-8-17-27)28-18-9-6-10-19-28/h5-26H,1-4H3. The fourth-order valence-electron chi connectivity index (χ4n) is 8.40. The quantitative estimate of drug-likeness (QED) is 0.197. The Morgan fingerprint density at radius 2 is 0.978 bits per heavy atom. The molecule has 1 aromatic heterocycles. The number of aromatic nitrogens is 1. The lowest BCUT2D eigenvalue weighted by atomic mass is 9.73. The third kappa shape index (κ3) is 3.61. The summed E-state index contributed by atoms with van der Waals surface area (Å²) < 4.78 is 1.22. The van der Waals surface area contributed by atoms with Crippen LogP contribution in [0.1, 0.15) is 49.9 Å². The summed E-state index contributed by atoms with van der Waals surface area (Å²) in [6, 6.07) is 46.7. The van der Waals surface area contributed by atoms with E-state index in [0.717, 1.165) is 16.9 Å². The fourth-order valence-corrected chi connectivity index (χ4v) is 9.10. The molecular formula is C43H34N2S. The Kier molecular flexibility index (Phi) is 5.80. The summed E-state index contributed by atoms with van der Waals surface area (Å²) in [5.74, 6) is 0. The Balaban J connectivity index is 1.56. The first-order valence-corrected chi connectivity index (χ1v) is 16.9. The zero-order valence-corrected chi connectivity index (χ0v) is 27.3. The minimum absolute atomic E-state index is 0.256.